The van der Waals surface area contributed by atoms with Crippen molar-refractivity contribution in [1.29, 1.82) is 0 Å². The molecule has 3 rings (SSSR count). The predicted molar refractivity (Wildman–Crippen MR) is 93.3 cm³/mol. The van der Waals surface area contributed by atoms with E-state index in [2.05, 4.69) is 30.3 Å². The van der Waals surface area contributed by atoms with Crippen LogP contribution in [0.15, 0.2) is 84.9 Å². The van der Waals surface area contributed by atoms with E-state index < -0.39 is 5.97 Å². The van der Waals surface area contributed by atoms with Crippen molar-refractivity contribution in [1.82, 2.24) is 0 Å². The average Bonchev–Trinajstić information content (AvgIpc) is 2.61. The van der Waals surface area contributed by atoms with E-state index >= 15 is 0 Å². The number of benzene rings is 3. The second kappa shape index (κ2) is 6.75. The minimum atomic E-state index is -0.912. The molecule has 0 unspecified atom stereocenters. The monoisotopic (exact) mass is 300 g/mol. The Morgan fingerprint density at radius 3 is 1.70 bits per heavy atom. The van der Waals surface area contributed by atoms with Gasteiger partial charge >= 0.3 is 5.97 Å². The molecule has 0 aliphatic heterocycles. The number of hydrogen-bond donors (Lipinski definition) is 1. The van der Waals surface area contributed by atoms with Crippen molar-refractivity contribution < 1.29 is 9.90 Å². The highest BCUT2D eigenvalue weighted by molar-refractivity contribution is 5.93. The van der Waals surface area contributed by atoms with Crippen molar-refractivity contribution in [2.75, 3.05) is 0 Å². The molecule has 0 saturated heterocycles. The summed E-state index contributed by atoms with van der Waals surface area (Å²) >= 11 is 0. The molecule has 0 heterocycles. The summed E-state index contributed by atoms with van der Waals surface area (Å²) < 4.78 is 0. The predicted octanol–water partition coefficient (Wildman–Crippen LogP) is 4.97. The fourth-order valence-corrected chi connectivity index (χ4v) is 2.46. The smallest absolute Gasteiger partial charge is 0.335 e. The molecule has 0 amide bonds. The molecular formula is C21H16O2. The summed E-state index contributed by atoms with van der Waals surface area (Å²) in [4.78, 5) is 11.0. The normalized spacial score (nSPS) is 11.2. The van der Waals surface area contributed by atoms with Crippen molar-refractivity contribution in [3.8, 4) is 0 Å². The number of aromatic carboxylic acids is 1. The van der Waals surface area contributed by atoms with E-state index in [0.717, 1.165) is 22.3 Å². The molecule has 1 N–H and O–H groups in total. The van der Waals surface area contributed by atoms with E-state index in [1.54, 1.807) is 12.1 Å². The highest BCUT2D eigenvalue weighted by atomic mass is 16.4. The molecule has 0 spiro atoms. The van der Waals surface area contributed by atoms with E-state index in [9.17, 15) is 4.79 Å². The van der Waals surface area contributed by atoms with Crippen LogP contribution in [-0.2, 0) is 0 Å². The summed E-state index contributed by atoms with van der Waals surface area (Å²) in [5, 5.41) is 9.05. The summed E-state index contributed by atoms with van der Waals surface area (Å²) in [6.45, 7) is 0. The van der Waals surface area contributed by atoms with Gasteiger partial charge in [0.2, 0.25) is 0 Å². The molecule has 2 heteroatoms. The van der Waals surface area contributed by atoms with Crippen LogP contribution in [0.4, 0.5) is 0 Å². The lowest BCUT2D eigenvalue weighted by molar-refractivity contribution is 0.0697. The van der Waals surface area contributed by atoms with Gasteiger partial charge in [0, 0.05) is 0 Å². The summed E-state index contributed by atoms with van der Waals surface area (Å²) in [5.74, 6) is -0.912. The third kappa shape index (κ3) is 3.55. The first-order valence-electron chi connectivity index (χ1n) is 7.40. The van der Waals surface area contributed by atoms with E-state index in [-0.39, 0.29) is 0 Å². The molecule has 3 aromatic rings. The van der Waals surface area contributed by atoms with Crippen LogP contribution in [0.1, 0.15) is 27.0 Å². The number of carbonyl (C=O) groups is 1. The van der Waals surface area contributed by atoms with Crippen LogP contribution in [0.5, 0.6) is 0 Å². The molecule has 3 aromatic carbocycles. The Morgan fingerprint density at radius 1 is 0.652 bits per heavy atom. The van der Waals surface area contributed by atoms with Gasteiger partial charge in [-0.2, -0.15) is 0 Å². The maximum absolute atomic E-state index is 11.0. The molecule has 2 nitrogen and oxygen atoms in total. The van der Waals surface area contributed by atoms with Gasteiger partial charge in [0.15, 0.2) is 0 Å². The van der Waals surface area contributed by atoms with Crippen molar-refractivity contribution in [3.05, 3.63) is 107 Å². The van der Waals surface area contributed by atoms with Crippen LogP contribution in [0.3, 0.4) is 0 Å². The van der Waals surface area contributed by atoms with Gasteiger partial charge in [-0.3, -0.25) is 0 Å². The quantitative estimate of drug-likeness (QED) is 0.690. The van der Waals surface area contributed by atoms with E-state index in [1.165, 1.54) is 0 Å². The third-order valence-corrected chi connectivity index (χ3v) is 3.64. The Labute approximate surface area is 135 Å². The maximum atomic E-state index is 11.0. The number of carboxylic acid groups (broad SMARTS) is 1. The van der Waals surface area contributed by atoms with Gasteiger partial charge in [-0.05, 0) is 40.5 Å². The Hall–Kier alpha value is -3.13. The van der Waals surface area contributed by atoms with Crippen molar-refractivity contribution in [2.45, 2.75) is 0 Å². The standard InChI is InChI=1S/C21H16O2/c22-21(23)19-13-11-18(12-14-19)20(17-9-5-2-6-10-17)15-16-7-3-1-4-8-16/h1-15H,(H,22,23)/b20-15-. The molecule has 0 aliphatic carbocycles. The zero-order valence-electron chi connectivity index (χ0n) is 12.5. The topological polar surface area (TPSA) is 37.3 Å². The zero-order chi connectivity index (χ0) is 16.1. The summed E-state index contributed by atoms with van der Waals surface area (Å²) in [6, 6.07) is 27.2. The van der Waals surface area contributed by atoms with Crippen molar-refractivity contribution in [2.24, 2.45) is 0 Å². The lowest BCUT2D eigenvalue weighted by Gasteiger charge is -2.09. The van der Waals surface area contributed by atoms with E-state index in [0.29, 0.717) is 5.56 Å². The van der Waals surface area contributed by atoms with Gasteiger partial charge in [-0.1, -0.05) is 72.8 Å². The van der Waals surface area contributed by atoms with E-state index in [4.69, 9.17) is 5.11 Å². The molecule has 0 aliphatic rings. The van der Waals surface area contributed by atoms with Gasteiger partial charge in [-0.15, -0.1) is 0 Å². The zero-order valence-corrected chi connectivity index (χ0v) is 12.5. The Kier molecular flexibility index (Phi) is 4.34. The number of rotatable bonds is 4. The van der Waals surface area contributed by atoms with Crippen LogP contribution in [0, 0.1) is 0 Å². The van der Waals surface area contributed by atoms with Gasteiger partial charge in [-0.25, -0.2) is 4.79 Å². The van der Waals surface area contributed by atoms with Crippen LogP contribution in [-0.4, -0.2) is 11.1 Å². The average molecular weight is 300 g/mol. The maximum Gasteiger partial charge on any atom is 0.335 e. The molecule has 112 valence electrons. The molecule has 0 aromatic heterocycles. The minimum absolute atomic E-state index is 0.292. The first-order valence-corrected chi connectivity index (χ1v) is 7.40. The first kappa shape index (κ1) is 14.8. The Morgan fingerprint density at radius 2 is 1.13 bits per heavy atom. The van der Waals surface area contributed by atoms with Crippen LogP contribution < -0.4 is 0 Å². The largest absolute Gasteiger partial charge is 0.478 e. The highest BCUT2D eigenvalue weighted by Gasteiger charge is 2.07. The summed E-state index contributed by atoms with van der Waals surface area (Å²) in [6.07, 6.45) is 2.12. The summed E-state index contributed by atoms with van der Waals surface area (Å²) in [7, 11) is 0. The Bertz CT molecular complexity index is 817. The molecular weight excluding hydrogens is 284 g/mol. The fraction of sp³-hybridized carbons (Fsp3) is 0. The molecule has 0 radical (unpaired) electrons. The molecule has 0 fully saturated rings. The first-order chi connectivity index (χ1) is 11.2. The summed E-state index contributed by atoms with van der Waals surface area (Å²) in [5.41, 5.74) is 4.55. The van der Waals surface area contributed by atoms with Gasteiger partial charge < -0.3 is 5.11 Å². The van der Waals surface area contributed by atoms with Crippen LogP contribution in [0.2, 0.25) is 0 Å². The van der Waals surface area contributed by atoms with Gasteiger partial charge in [0.1, 0.15) is 0 Å². The second-order valence-electron chi connectivity index (χ2n) is 5.22. The lowest BCUT2D eigenvalue weighted by Crippen LogP contribution is -1.96. The van der Waals surface area contributed by atoms with Crippen LogP contribution in [0.25, 0.3) is 11.6 Å². The lowest BCUT2D eigenvalue weighted by atomic mass is 9.95. The number of carboxylic acids is 1. The van der Waals surface area contributed by atoms with Gasteiger partial charge in [0.05, 0.1) is 5.56 Å². The van der Waals surface area contributed by atoms with Crippen molar-refractivity contribution in [3.63, 3.8) is 0 Å². The Balaban J connectivity index is 2.09. The van der Waals surface area contributed by atoms with Gasteiger partial charge in [0.25, 0.3) is 0 Å². The van der Waals surface area contributed by atoms with Crippen LogP contribution >= 0.6 is 0 Å². The SMILES string of the molecule is O=C(O)c1ccc(/C(=C\c2ccccc2)c2ccccc2)cc1. The molecule has 0 saturated carbocycles. The molecule has 0 atom stereocenters. The minimum Gasteiger partial charge on any atom is -0.478 e. The van der Waals surface area contributed by atoms with E-state index in [1.807, 2.05) is 48.5 Å². The molecule has 0 bridgehead atoms. The third-order valence-electron chi connectivity index (χ3n) is 3.64. The number of hydrogen-bond acceptors (Lipinski definition) is 1. The van der Waals surface area contributed by atoms with Crippen molar-refractivity contribution >= 4 is 17.6 Å². The fourth-order valence-electron chi connectivity index (χ4n) is 2.46. The second-order valence-corrected chi connectivity index (χ2v) is 5.22. The highest BCUT2D eigenvalue weighted by Crippen LogP contribution is 2.26. The molecule has 23 heavy (non-hydrogen) atoms.